The molecule has 1 aromatic heterocycles. The first-order valence-electron chi connectivity index (χ1n) is 6.68. The van der Waals surface area contributed by atoms with Crippen molar-refractivity contribution >= 4 is 0 Å². The molecule has 1 atom stereocenters. The average molecular weight is 233 g/mol. The summed E-state index contributed by atoms with van der Waals surface area (Å²) < 4.78 is 0. The van der Waals surface area contributed by atoms with Crippen molar-refractivity contribution in [3.63, 3.8) is 0 Å². The third kappa shape index (κ3) is 3.27. The van der Waals surface area contributed by atoms with E-state index in [0.29, 0.717) is 6.54 Å². The average Bonchev–Trinajstić information content (AvgIpc) is 2.39. The van der Waals surface area contributed by atoms with Crippen molar-refractivity contribution in [1.29, 1.82) is 0 Å². The Labute approximate surface area is 104 Å². The Kier molecular flexibility index (Phi) is 4.51. The fourth-order valence-corrected chi connectivity index (χ4v) is 2.67. The van der Waals surface area contributed by atoms with Crippen LogP contribution in [0.2, 0.25) is 0 Å². The summed E-state index contributed by atoms with van der Waals surface area (Å²) in [5.74, 6) is 0.877. The van der Waals surface area contributed by atoms with Gasteiger partial charge in [-0.05, 0) is 36.9 Å². The Morgan fingerprint density at radius 3 is 3.18 bits per heavy atom. The SMILES string of the molecule is CCC1CCCN(Cc2cccnc2CN)C1. The van der Waals surface area contributed by atoms with Crippen molar-refractivity contribution in [2.24, 2.45) is 11.7 Å². The molecule has 0 saturated carbocycles. The minimum atomic E-state index is 0.543. The van der Waals surface area contributed by atoms with E-state index in [1.54, 1.807) is 0 Å². The molecule has 1 saturated heterocycles. The number of hydrogen-bond acceptors (Lipinski definition) is 3. The van der Waals surface area contributed by atoms with Crippen LogP contribution >= 0.6 is 0 Å². The molecule has 0 amide bonds. The molecule has 1 aliphatic rings. The van der Waals surface area contributed by atoms with Crippen molar-refractivity contribution in [2.45, 2.75) is 39.3 Å². The first-order chi connectivity index (χ1) is 8.33. The largest absolute Gasteiger partial charge is 0.325 e. The second kappa shape index (κ2) is 6.12. The molecule has 3 heteroatoms. The number of rotatable bonds is 4. The summed E-state index contributed by atoms with van der Waals surface area (Å²) in [6.07, 6.45) is 5.85. The van der Waals surface area contributed by atoms with Crippen molar-refractivity contribution in [2.75, 3.05) is 13.1 Å². The van der Waals surface area contributed by atoms with Gasteiger partial charge in [-0.2, -0.15) is 0 Å². The number of aromatic nitrogens is 1. The zero-order valence-corrected chi connectivity index (χ0v) is 10.7. The van der Waals surface area contributed by atoms with Crippen LogP contribution in [0, 0.1) is 5.92 Å². The Morgan fingerprint density at radius 2 is 2.41 bits per heavy atom. The van der Waals surface area contributed by atoms with Gasteiger partial charge in [0.05, 0.1) is 5.69 Å². The Bertz CT molecular complexity index is 351. The minimum Gasteiger partial charge on any atom is -0.325 e. The van der Waals surface area contributed by atoms with Crippen LogP contribution in [0.25, 0.3) is 0 Å². The summed E-state index contributed by atoms with van der Waals surface area (Å²) in [4.78, 5) is 6.90. The van der Waals surface area contributed by atoms with Gasteiger partial charge in [0.1, 0.15) is 0 Å². The predicted octanol–water partition coefficient (Wildman–Crippen LogP) is 2.16. The molecule has 1 aliphatic heterocycles. The zero-order chi connectivity index (χ0) is 12.1. The van der Waals surface area contributed by atoms with Gasteiger partial charge in [-0.1, -0.05) is 19.4 Å². The molecule has 2 heterocycles. The highest BCUT2D eigenvalue weighted by Gasteiger charge is 2.19. The maximum atomic E-state index is 5.73. The molecule has 17 heavy (non-hydrogen) atoms. The van der Waals surface area contributed by atoms with E-state index in [1.807, 2.05) is 12.3 Å². The van der Waals surface area contributed by atoms with Gasteiger partial charge >= 0.3 is 0 Å². The van der Waals surface area contributed by atoms with Gasteiger partial charge in [0.25, 0.3) is 0 Å². The topological polar surface area (TPSA) is 42.2 Å². The Morgan fingerprint density at radius 1 is 1.53 bits per heavy atom. The predicted molar refractivity (Wildman–Crippen MR) is 70.4 cm³/mol. The van der Waals surface area contributed by atoms with Crippen LogP contribution in [-0.4, -0.2) is 23.0 Å². The van der Waals surface area contributed by atoms with E-state index in [1.165, 1.54) is 37.9 Å². The molecule has 0 spiro atoms. The molecule has 94 valence electrons. The third-order valence-corrected chi connectivity index (χ3v) is 3.75. The highest BCUT2D eigenvalue weighted by Crippen LogP contribution is 2.21. The number of nitrogens with two attached hydrogens (primary N) is 1. The van der Waals surface area contributed by atoms with Crippen LogP contribution in [0.15, 0.2) is 18.3 Å². The molecule has 0 aromatic carbocycles. The van der Waals surface area contributed by atoms with Crippen LogP contribution < -0.4 is 5.73 Å². The van der Waals surface area contributed by atoms with Crippen LogP contribution in [-0.2, 0) is 13.1 Å². The lowest BCUT2D eigenvalue weighted by molar-refractivity contribution is 0.164. The molecule has 0 aliphatic carbocycles. The summed E-state index contributed by atoms with van der Waals surface area (Å²) >= 11 is 0. The Hall–Kier alpha value is -0.930. The normalized spacial score (nSPS) is 21.6. The van der Waals surface area contributed by atoms with Crippen LogP contribution in [0.5, 0.6) is 0 Å². The summed E-state index contributed by atoms with van der Waals surface area (Å²) in [5.41, 5.74) is 8.07. The van der Waals surface area contributed by atoms with E-state index in [9.17, 15) is 0 Å². The molecular weight excluding hydrogens is 210 g/mol. The lowest BCUT2D eigenvalue weighted by Crippen LogP contribution is -2.35. The summed E-state index contributed by atoms with van der Waals surface area (Å²) in [7, 11) is 0. The molecular formula is C14H23N3. The zero-order valence-electron chi connectivity index (χ0n) is 10.7. The minimum absolute atomic E-state index is 0.543. The number of piperidine rings is 1. The van der Waals surface area contributed by atoms with Gasteiger partial charge in [-0.25, -0.2) is 0 Å². The summed E-state index contributed by atoms with van der Waals surface area (Å²) in [6.45, 7) is 6.30. The molecule has 0 bridgehead atoms. The summed E-state index contributed by atoms with van der Waals surface area (Å²) in [5, 5.41) is 0. The van der Waals surface area contributed by atoms with Gasteiger partial charge < -0.3 is 5.73 Å². The summed E-state index contributed by atoms with van der Waals surface area (Å²) in [6, 6.07) is 4.17. The van der Waals surface area contributed by atoms with E-state index >= 15 is 0 Å². The van der Waals surface area contributed by atoms with Crippen LogP contribution in [0.4, 0.5) is 0 Å². The lowest BCUT2D eigenvalue weighted by atomic mass is 9.95. The maximum absolute atomic E-state index is 5.73. The third-order valence-electron chi connectivity index (χ3n) is 3.75. The van der Waals surface area contributed by atoms with Gasteiger partial charge in [0.15, 0.2) is 0 Å². The highest BCUT2D eigenvalue weighted by molar-refractivity contribution is 5.19. The van der Waals surface area contributed by atoms with Gasteiger partial charge in [0.2, 0.25) is 0 Å². The first kappa shape index (κ1) is 12.5. The number of nitrogens with zero attached hydrogens (tertiary/aromatic N) is 2. The molecule has 1 fully saturated rings. The highest BCUT2D eigenvalue weighted by atomic mass is 15.1. The standard InChI is InChI=1S/C14H23N3/c1-2-12-5-4-8-17(10-12)11-13-6-3-7-16-14(13)9-15/h3,6-7,12H,2,4-5,8-11,15H2,1H3. The second-order valence-corrected chi connectivity index (χ2v) is 4.96. The fraction of sp³-hybridized carbons (Fsp3) is 0.643. The van der Waals surface area contributed by atoms with E-state index in [4.69, 9.17) is 5.73 Å². The van der Waals surface area contributed by atoms with E-state index < -0.39 is 0 Å². The lowest BCUT2D eigenvalue weighted by Gasteiger charge is -2.32. The monoisotopic (exact) mass is 233 g/mol. The first-order valence-corrected chi connectivity index (χ1v) is 6.68. The van der Waals surface area contributed by atoms with Gasteiger partial charge in [-0.3, -0.25) is 9.88 Å². The number of hydrogen-bond donors (Lipinski definition) is 1. The van der Waals surface area contributed by atoms with Gasteiger partial charge in [0, 0.05) is 25.8 Å². The smallest absolute Gasteiger partial charge is 0.0584 e. The van der Waals surface area contributed by atoms with Crippen molar-refractivity contribution in [1.82, 2.24) is 9.88 Å². The number of pyridine rings is 1. The Balaban J connectivity index is 2.00. The van der Waals surface area contributed by atoms with Crippen LogP contribution in [0.3, 0.4) is 0 Å². The second-order valence-electron chi connectivity index (χ2n) is 4.96. The molecule has 1 unspecified atom stereocenters. The molecule has 0 radical (unpaired) electrons. The van der Waals surface area contributed by atoms with E-state index in [-0.39, 0.29) is 0 Å². The molecule has 2 rings (SSSR count). The van der Waals surface area contributed by atoms with Gasteiger partial charge in [-0.15, -0.1) is 0 Å². The van der Waals surface area contributed by atoms with Crippen LogP contribution in [0.1, 0.15) is 37.4 Å². The molecule has 3 nitrogen and oxygen atoms in total. The van der Waals surface area contributed by atoms with Crippen molar-refractivity contribution in [3.8, 4) is 0 Å². The van der Waals surface area contributed by atoms with Crippen molar-refractivity contribution in [3.05, 3.63) is 29.6 Å². The number of likely N-dealkylation sites (tertiary alicyclic amines) is 1. The van der Waals surface area contributed by atoms with E-state index in [0.717, 1.165) is 18.2 Å². The molecule has 2 N–H and O–H groups in total. The fourth-order valence-electron chi connectivity index (χ4n) is 2.67. The quantitative estimate of drug-likeness (QED) is 0.866. The van der Waals surface area contributed by atoms with Crippen molar-refractivity contribution < 1.29 is 0 Å². The molecule has 1 aromatic rings. The maximum Gasteiger partial charge on any atom is 0.0584 e. The van der Waals surface area contributed by atoms with E-state index in [2.05, 4.69) is 22.9 Å².